The van der Waals surface area contributed by atoms with Gasteiger partial charge in [0.15, 0.2) is 0 Å². The minimum Gasteiger partial charge on any atom is -0.382 e. The van der Waals surface area contributed by atoms with E-state index in [1.54, 1.807) is 7.11 Å². The Morgan fingerprint density at radius 1 is 0.636 bits per heavy atom. The van der Waals surface area contributed by atoms with Gasteiger partial charge >= 0.3 is 0 Å². The van der Waals surface area contributed by atoms with Crippen LogP contribution >= 0.6 is 0 Å². The number of carbonyl (C=O) groups is 1. The Morgan fingerprint density at radius 3 is 1.36 bits per heavy atom. The molecule has 1 N–H and O–H groups in total. The van der Waals surface area contributed by atoms with Crippen LogP contribution in [0.15, 0.2) is 0 Å². The van der Waals surface area contributed by atoms with Crippen LogP contribution < -0.4 is 5.32 Å². The van der Waals surface area contributed by atoms with E-state index in [2.05, 4.69) is 11.2 Å². The molecule has 0 spiro atoms. The Hall–Kier alpha value is -1.29. The van der Waals surface area contributed by atoms with Crippen LogP contribution in [-0.4, -0.2) is 119 Å². The monoisotopic (exact) mass is 477 g/mol. The molecule has 0 heterocycles. The standard InChI is InChI=1S/C23H43NO9/c1-3-4-5-6-23(25)24-7-8-27-11-12-29-15-16-31-19-20-33-22-21-32-18-17-30-14-13-28-10-9-26-2/h1H,4-22H2,2H3,(H,24,25). The number of nitrogens with one attached hydrogen (secondary N) is 1. The van der Waals surface area contributed by atoms with Gasteiger partial charge in [0.2, 0.25) is 5.91 Å². The molecule has 0 saturated carbocycles. The molecule has 0 atom stereocenters. The highest BCUT2D eigenvalue weighted by atomic mass is 16.6. The maximum Gasteiger partial charge on any atom is 0.220 e. The molecule has 0 unspecified atom stereocenters. The highest BCUT2D eigenvalue weighted by Crippen LogP contribution is 1.92. The Bertz CT molecular complexity index is 446. The molecule has 33 heavy (non-hydrogen) atoms. The second kappa shape index (κ2) is 28.7. The summed E-state index contributed by atoms with van der Waals surface area (Å²) in [5, 5.41) is 2.78. The predicted molar refractivity (Wildman–Crippen MR) is 123 cm³/mol. The van der Waals surface area contributed by atoms with E-state index in [1.165, 1.54) is 0 Å². The van der Waals surface area contributed by atoms with Crippen LogP contribution in [0.2, 0.25) is 0 Å². The van der Waals surface area contributed by atoms with E-state index in [9.17, 15) is 4.79 Å². The topological polar surface area (TPSA) is 103 Å². The summed E-state index contributed by atoms with van der Waals surface area (Å²) in [6.07, 6.45) is 6.93. The van der Waals surface area contributed by atoms with Gasteiger partial charge in [-0.15, -0.1) is 12.3 Å². The molecule has 10 nitrogen and oxygen atoms in total. The van der Waals surface area contributed by atoms with Crippen molar-refractivity contribution in [1.82, 2.24) is 5.32 Å². The Kier molecular flexibility index (Phi) is 27.6. The van der Waals surface area contributed by atoms with E-state index in [1.807, 2.05) is 0 Å². The minimum absolute atomic E-state index is 0.000112. The van der Waals surface area contributed by atoms with Crippen molar-refractivity contribution in [2.75, 3.05) is 113 Å². The molecular weight excluding hydrogens is 434 g/mol. The molecule has 0 rings (SSSR count). The number of amides is 1. The third-order valence-electron chi connectivity index (χ3n) is 3.96. The van der Waals surface area contributed by atoms with Crippen LogP contribution in [0.4, 0.5) is 0 Å². The fourth-order valence-corrected chi connectivity index (χ4v) is 2.27. The number of hydrogen-bond acceptors (Lipinski definition) is 9. The first-order valence-electron chi connectivity index (χ1n) is 11.5. The maximum absolute atomic E-state index is 11.4. The predicted octanol–water partition coefficient (Wildman–Crippen LogP) is 0.669. The van der Waals surface area contributed by atoms with Crippen LogP contribution in [0.25, 0.3) is 0 Å². The molecular formula is C23H43NO9. The SMILES string of the molecule is C#CCCCC(=O)NCCOCCOCCOCCOCCOCCOCCOCCOC. The molecule has 0 aliphatic heterocycles. The van der Waals surface area contributed by atoms with E-state index >= 15 is 0 Å². The summed E-state index contributed by atoms with van der Waals surface area (Å²) in [6, 6.07) is 0. The summed E-state index contributed by atoms with van der Waals surface area (Å²) in [4.78, 5) is 11.4. The molecule has 0 bridgehead atoms. The van der Waals surface area contributed by atoms with Crippen molar-refractivity contribution in [3.05, 3.63) is 0 Å². The molecule has 0 radical (unpaired) electrons. The van der Waals surface area contributed by atoms with Crippen molar-refractivity contribution in [2.24, 2.45) is 0 Å². The zero-order valence-electron chi connectivity index (χ0n) is 20.2. The van der Waals surface area contributed by atoms with Crippen molar-refractivity contribution < 1.29 is 42.7 Å². The van der Waals surface area contributed by atoms with Crippen LogP contribution in [-0.2, 0) is 42.7 Å². The summed E-state index contributed by atoms with van der Waals surface area (Å²) in [5.74, 6) is 2.51. The lowest BCUT2D eigenvalue weighted by molar-refractivity contribution is -0.121. The van der Waals surface area contributed by atoms with Crippen LogP contribution in [0.5, 0.6) is 0 Å². The van der Waals surface area contributed by atoms with E-state index in [0.29, 0.717) is 125 Å². The highest BCUT2D eigenvalue weighted by Gasteiger charge is 1.99. The summed E-state index contributed by atoms with van der Waals surface area (Å²) >= 11 is 0. The zero-order chi connectivity index (χ0) is 24.1. The van der Waals surface area contributed by atoms with Crippen molar-refractivity contribution in [1.29, 1.82) is 0 Å². The number of methoxy groups -OCH3 is 1. The molecule has 0 aliphatic rings. The van der Waals surface area contributed by atoms with Gasteiger partial charge in [-0.3, -0.25) is 4.79 Å². The van der Waals surface area contributed by atoms with Gasteiger partial charge in [0.25, 0.3) is 0 Å². The van der Waals surface area contributed by atoms with Crippen molar-refractivity contribution >= 4 is 5.91 Å². The van der Waals surface area contributed by atoms with Gasteiger partial charge in [-0.25, -0.2) is 0 Å². The lowest BCUT2D eigenvalue weighted by atomic mass is 10.2. The molecule has 10 heteroatoms. The first kappa shape index (κ1) is 31.7. The number of unbranched alkanes of at least 4 members (excludes halogenated alkanes) is 1. The summed E-state index contributed by atoms with van der Waals surface area (Å²) in [7, 11) is 1.64. The van der Waals surface area contributed by atoms with Gasteiger partial charge in [-0.1, -0.05) is 0 Å². The van der Waals surface area contributed by atoms with Gasteiger partial charge in [0.1, 0.15) is 0 Å². The second-order valence-electron chi connectivity index (χ2n) is 6.69. The van der Waals surface area contributed by atoms with Crippen LogP contribution in [0, 0.1) is 12.3 Å². The summed E-state index contributed by atoms with van der Waals surface area (Å²) < 4.78 is 42.6. The second-order valence-corrected chi connectivity index (χ2v) is 6.69. The van der Waals surface area contributed by atoms with Gasteiger partial charge in [0.05, 0.1) is 99.1 Å². The molecule has 0 aromatic rings. The average molecular weight is 478 g/mol. The van der Waals surface area contributed by atoms with Gasteiger partial charge in [0, 0.05) is 26.5 Å². The quantitative estimate of drug-likeness (QED) is 0.135. The average Bonchev–Trinajstić information content (AvgIpc) is 2.82. The zero-order valence-corrected chi connectivity index (χ0v) is 20.2. The number of terminal acetylenes is 1. The molecule has 1 amide bonds. The number of ether oxygens (including phenoxy) is 8. The number of carbonyl (C=O) groups excluding carboxylic acids is 1. The van der Waals surface area contributed by atoms with Crippen molar-refractivity contribution in [3.8, 4) is 12.3 Å². The number of rotatable bonds is 27. The Labute approximate surface area is 198 Å². The normalized spacial score (nSPS) is 10.9. The van der Waals surface area contributed by atoms with Crippen LogP contribution in [0.1, 0.15) is 19.3 Å². The lowest BCUT2D eigenvalue weighted by Crippen LogP contribution is -2.27. The fourth-order valence-electron chi connectivity index (χ4n) is 2.27. The van der Waals surface area contributed by atoms with E-state index in [0.717, 1.165) is 0 Å². The Morgan fingerprint density at radius 2 is 1.00 bits per heavy atom. The molecule has 0 aliphatic carbocycles. The van der Waals surface area contributed by atoms with E-state index < -0.39 is 0 Å². The first-order chi connectivity index (χ1) is 16.3. The summed E-state index contributed by atoms with van der Waals surface area (Å²) in [5.41, 5.74) is 0. The molecule has 0 saturated heterocycles. The van der Waals surface area contributed by atoms with Gasteiger partial charge in [-0.05, 0) is 6.42 Å². The third kappa shape index (κ3) is 28.7. The maximum atomic E-state index is 11.4. The van der Waals surface area contributed by atoms with Crippen molar-refractivity contribution in [3.63, 3.8) is 0 Å². The lowest BCUT2D eigenvalue weighted by Gasteiger charge is -2.08. The van der Waals surface area contributed by atoms with Crippen molar-refractivity contribution in [2.45, 2.75) is 19.3 Å². The smallest absolute Gasteiger partial charge is 0.220 e. The van der Waals surface area contributed by atoms with E-state index in [-0.39, 0.29) is 5.91 Å². The minimum atomic E-state index is -0.000112. The summed E-state index contributed by atoms with van der Waals surface area (Å²) in [6.45, 7) is 8.30. The fraction of sp³-hybridized carbons (Fsp3) is 0.870. The van der Waals surface area contributed by atoms with Crippen LogP contribution in [0.3, 0.4) is 0 Å². The molecule has 0 aromatic heterocycles. The molecule has 194 valence electrons. The Balaban J connectivity index is 3.06. The number of hydrogen-bond donors (Lipinski definition) is 1. The first-order valence-corrected chi connectivity index (χ1v) is 11.5. The molecule has 0 fully saturated rings. The highest BCUT2D eigenvalue weighted by molar-refractivity contribution is 5.75. The largest absolute Gasteiger partial charge is 0.382 e. The van der Waals surface area contributed by atoms with Gasteiger partial charge in [-0.2, -0.15) is 0 Å². The van der Waals surface area contributed by atoms with Gasteiger partial charge < -0.3 is 43.2 Å². The molecule has 0 aromatic carbocycles. The van der Waals surface area contributed by atoms with E-state index in [4.69, 9.17) is 44.3 Å². The third-order valence-corrected chi connectivity index (χ3v) is 3.96.